The van der Waals surface area contributed by atoms with Gasteiger partial charge in [-0.1, -0.05) is 36.2 Å². The van der Waals surface area contributed by atoms with Gasteiger partial charge in [0.05, 0.1) is 29.2 Å². The Kier molecular flexibility index (Phi) is 6.66. The van der Waals surface area contributed by atoms with Crippen LogP contribution in [0.1, 0.15) is 39.5 Å². The number of thioether (sulfide) groups is 1. The van der Waals surface area contributed by atoms with Gasteiger partial charge in [0.15, 0.2) is 0 Å². The molecule has 9 heteroatoms. The summed E-state index contributed by atoms with van der Waals surface area (Å²) in [5.41, 5.74) is 0. The van der Waals surface area contributed by atoms with Crippen molar-refractivity contribution in [3.63, 3.8) is 0 Å². The molecule has 3 rings (SSSR count). The molecule has 28 heavy (non-hydrogen) atoms. The second kappa shape index (κ2) is 8.52. The quantitative estimate of drug-likeness (QED) is 0.357. The highest BCUT2D eigenvalue weighted by atomic mass is 79.9. The molecule has 158 valence electrons. The van der Waals surface area contributed by atoms with Crippen molar-refractivity contribution in [2.45, 2.75) is 66.4 Å². The van der Waals surface area contributed by atoms with Gasteiger partial charge in [-0.05, 0) is 19.3 Å². The van der Waals surface area contributed by atoms with Crippen LogP contribution in [0.5, 0.6) is 0 Å². The lowest BCUT2D eigenvalue weighted by Crippen LogP contribution is -2.57. The SMILES string of the molecule is CCCCNC(=O)C1N([C@@H](CC)CO)C(=O)[C@@H]2[C@@H](C(=O)NC)[C@@H]3SC12CC3Br. The lowest BCUT2D eigenvalue weighted by atomic mass is 9.70. The van der Waals surface area contributed by atoms with Crippen LogP contribution >= 0.6 is 27.7 Å². The van der Waals surface area contributed by atoms with Crippen LogP contribution in [0, 0.1) is 11.8 Å². The predicted octanol–water partition coefficient (Wildman–Crippen LogP) is 0.884. The fourth-order valence-corrected chi connectivity index (χ4v) is 8.73. The van der Waals surface area contributed by atoms with Gasteiger partial charge in [-0.3, -0.25) is 14.4 Å². The Morgan fingerprint density at radius 1 is 1.39 bits per heavy atom. The van der Waals surface area contributed by atoms with Crippen molar-refractivity contribution in [3.05, 3.63) is 0 Å². The molecule has 0 aliphatic carbocycles. The van der Waals surface area contributed by atoms with E-state index in [1.165, 1.54) is 0 Å². The third-order valence-electron chi connectivity index (χ3n) is 6.43. The molecule has 7 nitrogen and oxygen atoms in total. The summed E-state index contributed by atoms with van der Waals surface area (Å²) in [6.07, 6.45) is 3.06. The zero-order chi connectivity index (χ0) is 20.6. The number of aliphatic hydroxyl groups is 1. The highest BCUT2D eigenvalue weighted by molar-refractivity contribution is 9.09. The van der Waals surface area contributed by atoms with E-state index in [1.54, 1.807) is 23.7 Å². The summed E-state index contributed by atoms with van der Waals surface area (Å²) in [5, 5.41) is 15.6. The van der Waals surface area contributed by atoms with E-state index in [0.29, 0.717) is 19.4 Å². The number of likely N-dealkylation sites (tertiary alicyclic amines) is 1. The number of carbonyl (C=O) groups is 3. The Morgan fingerprint density at radius 3 is 2.68 bits per heavy atom. The van der Waals surface area contributed by atoms with E-state index in [9.17, 15) is 19.5 Å². The molecular formula is C19H30BrN3O4S. The Labute approximate surface area is 178 Å². The van der Waals surface area contributed by atoms with E-state index in [-0.39, 0.29) is 34.4 Å². The lowest BCUT2D eigenvalue weighted by molar-refractivity contribution is -0.142. The molecule has 7 atom stereocenters. The van der Waals surface area contributed by atoms with Gasteiger partial charge in [-0.2, -0.15) is 0 Å². The highest BCUT2D eigenvalue weighted by Crippen LogP contribution is 2.67. The van der Waals surface area contributed by atoms with Crippen molar-refractivity contribution in [1.29, 1.82) is 0 Å². The number of alkyl halides is 1. The number of halogens is 1. The number of carbonyl (C=O) groups excluding carboxylic acids is 3. The minimum atomic E-state index is -0.663. The van der Waals surface area contributed by atoms with E-state index < -0.39 is 28.7 Å². The van der Waals surface area contributed by atoms with Gasteiger partial charge in [0.25, 0.3) is 0 Å². The minimum absolute atomic E-state index is 0.0313. The number of nitrogens with one attached hydrogen (secondary N) is 2. The number of hydrogen-bond acceptors (Lipinski definition) is 5. The maximum Gasteiger partial charge on any atom is 0.244 e. The van der Waals surface area contributed by atoms with Gasteiger partial charge < -0.3 is 20.6 Å². The summed E-state index contributed by atoms with van der Waals surface area (Å²) in [6.45, 7) is 4.33. The van der Waals surface area contributed by atoms with Crippen LogP contribution in [0.2, 0.25) is 0 Å². The Bertz CT molecular complexity index is 647. The second-order valence-electron chi connectivity index (χ2n) is 7.91. The van der Waals surface area contributed by atoms with Crippen molar-refractivity contribution in [2.75, 3.05) is 20.2 Å². The van der Waals surface area contributed by atoms with Crippen molar-refractivity contribution in [2.24, 2.45) is 11.8 Å². The first kappa shape index (κ1) is 21.9. The maximum atomic E-state index is 13.5. The zero-order valence-corrected chi connectivity index (χ0v) is 19.0. The van der Waals surface area contributed by atoms with Gasteiger partial charge in [0.2, 0.25) is 17.7 Å². The van der Waals surface area contributed by atoms with Gasteiger partial charge >= 0.3 is 0 Å². The standard InChI is InChI=1S/C19H30BrN3O4S/c1-4-6-7-22-17(26)15-19-8-11(20)14(28-19)12(16(25)21-3)13(19)18(27)23(15)10(5-2)9-24/h10-15,24H,4-9H2,1-3H3,(H,21,25)(H,22,26)/t10-,11?,12+,13-,14+,15?,19?/m0/s1. The maximum absolute atomic E-state index is 13.5. The van der Waals surface area contributed by atoms with E-state index in [1.807, 2.05) is 6.92 Å². The molecule has 1 spiro atoms. The molecule has 0 aromatic rings. The topological polar surface area (TPSA) is 98.7 Å². The van der Waals surface area contributed by atoms with Crippen LogP contribution in [0.25, 0.3) is 0 Å². The lowest BCUT2D eigenvalue weighted by Gasteiger charge is -2.37. The summed E-state index contributed by atoms with van der Waals surface area (Å²) in [4.78, 5) is 41.2. The van der Waals surface area contributed by atoms with Crippen LogP contribution in [0.4, 0.5) is 0 Å². The molecule has 3 heterocycles. The largest absolute Gasteiger partial charge is 0.394 e. The van der Waals surface area contributed by atoms with E-state index in [2.05, 4.69) is 33.5 Å². The van der Waals surface area contributed by atoms with Crippen molar-refractivity contribution in [1.82, 2.24) is 15.5 Å². The molecule has 2 bridgehead atoms. The molecule has 3 saturated heterocycles. The molecule has 3 fully saturated rings. The number of unbranched alkanes of at least 4 members (excludes halogenated alkanes) is 1. The molecule has 3 N–H and O–H groups in total. The van der Waals surface area contributed by atoms with E-state index in [0.717, 1.165) is 12.8 Å². The highest BCUT2D eigenvalue weighted by Gasteiger charge is 2.75. The Balaban J connectivity index is 2.02. The minimum Gasteiger partial charge on any atom is -0.394 e. The van der Waals surface area contributed by atoms with E-state index in [4.69, 9.17) is 0 Å². The molecule has 0 saturated carbocycles. The molecule has 0 aromatic heterocycles. The fraction of sp³-hybridized carbons (Fsp3) is 0.842. The molecular weight excluding hydrogens is 446 g/mol. The Morgan fingerprint density at radius 2 is 2.11 bits per heavy atom. The first-order valence-corrected chi connectivity index (χ1v) is 11.9. The summed E-state index contributed by atoms with van der Waals surface area (Å²) in [7, 11) is 1.59. The van der Waals surface area contributed by atoms with Crippen molar-refractivity contribution >= 4 is 45.4 Å². The van der Waals surface area contributed by atoms with Crippen LogP contribution < -0.4 is 10.6 Å². The summed E-state index contributed by atoms with van der Waals surface area (Å²) in [5.74, 6) is -1.47. The number of amides is 3. The van der Waals surface area contributed by atoms with Gasteiger partial charge in [-0.25, -0.2) is 0 Å². The second-order valence-corrected chi connectivity index (χ2v) is 10.6. The van der Waals surface area contributed by atoms with E-state index >= 15 is 0 Å². The average molecular weight is 476 g/mol. The fourth-order valence-electron chi connectivity index (χ4n) is 5.13. The predicted molar refractivity (Wildman–Crippen MR) is 112 cm³/mol. The Hall–Kier alpha value is -0.800. The first-order chi connectivity index (χ1) is 13.4. The van der Waals surface area contributed by atoms with Crippen LogP contribution in [0.3, 0.4) is 0 Å². The molecule has 3 aliphatic rings. The van der Waals surface area contributed by atoms with Crippen LogP contribution in [-0.2, 0) is 14.4 Å². The molecule has 0 aromatic carbocycles. The zero-order valence-electron chi connectivity index (χ0n) is 16.6. The van der Waals surface area contributed by atoms with Gasteiger partial charge in [-0.15, -0.1) is 11.8 Å². The van der Waals surface area contributed by atoms with Gasteiger partial charge in [0, 0.05) is 23.7 Å². The summed E-state index contributed by atoms with van der Waals surface area (Å²) >= 11 is 5.32. The normalized spacial score (nSPS) is 37.1. The van der Waals surface area contributed by atoms with Crippen molar-refractivity contribution < 1.29 is 19.5 Å². The molecule has 3 aliphatic heterocycles. The van der Waals surface area contributed by atoms with Crippen LogP contribution in [-0.4, -0.2) is 74.8 Å². The number of nitrogens with zero attached hydrogens (tertiary/aromatic N) is 1. The molecule has 0 radical (unpaired) electrons. The third kappa shape index (κ3) is 3.17. The number of hydrogen-bond donors (Lipinski definition) is 3. The number of fused-ring (bicyclic) bond motifs is 1. The average Bonchev–Trinajstić information content (AvgIpc) is 3.26. The summed E-state index contributed by atoms with van der Waals surface area (Å²) in [6, 6.07) is -1.09. The number of aliphatic hydroxyl groups excluding tert-OH is 1. The van der Waals surface area contributed by atoms with Crippen LogP contribution in [0.15, 0.2) is 0 Å². The molecule has 3 amide bonds. The number of rotatable bonds is 8. The van der Waals surface area contributed by atoms with Crippen molar-refractivity contribution in [3.8, 4) is 0 Å². The molecule has 3 unspecified atom stereocenters. The summed E-state index contributed by atoms with van der Waals surface area (Å²) < 4.78 is -0.633. The first-order valence-electron chi connectivity index (χ1n) is 10.1. The van der Waals surface area contributed by atoms with Gasteiger partial charge in [0.1, 0.15) is 6.04 Å². The smallest absolute Gasteiger partial charge is 0.244 e. The third-order valence-corrected chi connectivity index (χ3v) is 9.65. The monoisotopic (exact) mass is 475 g/mol.